The fourth-order valence-corrected chi connectivity index (χ4v) is 2.49. The molecule has 2 rings (SSSR count). The smallest absolute Gasteiger partial charge is 0.123 e. The summed E-state index contributed by atoms with van der Waals surface area (Å²) >= 11 is 3.35. The van der Waals surface area contributed by atoms with Crippen LogP contribution in [0, 0.1) is 6.92 Å². The Kier molecular flexibility index (Phi) is 1.89. The third-order valence-electron chi connectivity index (χ3n) is 2.40. The van der Waals surface area contributed by atoms with Gasteiger partial charge in [-0.05, 0) is 37.5 Å². The molecule has 0 bridgehead atoms. The molecular weight excluding hydrogens is 232 g/mol. The molecule has 3 heteroatoms. The minimum atomic E-state index is -0.781. The molecule has 2 N–H and O–H groups in total. The number of phenols is 1. The van der Waals surface area contributed by atoms with Crippen LogP contribution in [-0.2, 0) is 5.60 Å². The van der Waals surface area contributed by atoms with Crippen LogP contribution < -0.4 is 0 Å². The highest BCUT2D eigenvalue weighted by Gasteiger charge is 2.45. The molecule has 0 aromatic heterocycles. The van der Waals surface area contributed by atoms with Crippen molar-refractivity contribution in [2.24, 2.45) is 0 Å². The fraction of sp³-hybridized carbons (Fsp3) is 0.400. The van der Waals surface area contributed by atoms with E-state index in [4.69, 9.17) is 0 Å². The third kappa shape index (κ3) is 1.46. The van der Waals surface area contributed by atoms with Crippen LogP contribution in [0.5, 0.6) is 5.75 Å². The normalized spacial score (nSPS) is 18.7. The Morgan fingerprint density at radius 1 is 1.38 bits per heavy atom. The summed E-state index contributed by atoms with van der Waals surface area (Å²) in [6.07, 6.45) is 1.48. The standard InChI is InChI=1S/C10H11BrO2/c1-6-4-7(11)9(8(12)5-6)10(13)2-3-10/h4-5,12-13H,2-3H2,1H3. The monoisotopic (exact) mass is 242 g/mol. The maximum absolute atomic E-state index is 9.86. The van der Waals surface area contributed by atoms with Crippen molar-refractivity contribution in [2.45, 2.75) is 25.4 Å². The second-order valence-corrected chi connectivity index (χ2v) is 4.53. The van der Waals surface area contributed by atoms with Gasteiger partial charge in [0.2, 0.25) is 0 Å². The molecule has 0 amide bonds. The fourth-order valence-electron chi connectivity index (χ4n) is 1.55. The van der Waals surface area contributed by atoms with E-state index in [9.17, 15) is 10.2 Å². The predicted octanol–water partition coefficient (Wildman–Crippen LogP) is 2.44. The van der Waals surface area contributed by atoms with E-state index in [1.807, 2.05) is 13.0 Å². The zero-order valence-electron chi connectivity index (χ0n) is 7.34. The molecule has 70 valence electrons. The Morgan fingerprint density at radius 3 is 2.46 bits per heavy atom. The number of hydrogen-bond donors (Lipinski definition) is 2. The van der Waals surface area contributed by atoms with E-state index in [1.54, 1.807) is 6.07 Å². The SMILES string of the molecule is Cc1cc(O)c(C2(O)CC2)c(Br)c1. The number of halogens is 1. The average molecular weight is 243 g/mol. The molecule has 0 heterocycles. The van der Waals surface area contributed by atoms with Gasteiger partial charge in [0.15, 0.2) is 0 Å². The van der Waals surface area contributed by atoms with Crippen molar-refractivity contribution in [3.8, 4) is 5.75 Å². The lowest BCUT2D eigenvalue weighted by atomic mass is 10.0. The number of aryl methyl sites for hydroxylation is 1. The van der Waals surface area contributed by atoms with Crippen molar-refractivity contribution in [3.05, 3.63) is 27.7 Å². The van der Waals surface area contributed by atoms with Gasteiger partial charge in [-0.25, -0.2) is 0 Å². The molecule has 0 aliphatic heterocycles. The minimum absolute atomic E-state index is 0.187. The van der Waals surface area contributed by atoms with Gasteiger partial charge in [0, 0.05) is 10.0 Å². The van der Waals surface area contributed by atoms with E-state index in [-0.39, 0.29) is 5.75 Å². The van der Waals surface area contributed by atoms with Gasteiger partial charge < -0.3 is 10.2 Å². The van der Waals surface area contributed by atoms with Gasteiger partial charge in [-0.3, -0.25) is 0 Å². The van der Waals surface area contributed by atoms with Gasteiger partial charge in [0.25, 0.3) is 0 Å². The number of aromatic hydroxyl groups is 1. The van der Waals surface area contributed by atoms with Crippen LogP contribution in [0.3, 0.4) is 0 Å². The van der Waals surface area contributed by atoms with E-state index >= 15 is 0 Å². The summed E-state index contributed by atoms with van der Waals surface area (Å²) in [5.41, 5.74) is 0.840. The molecule has 0 spiro atoms. The van der Waals surface area contributed by atoms with E-state index < -0.39 is 5.60 Å². The van der Waals surface area contributed by atoms with E-state index in [2.05, 4.69) is 15.9 Å². The molecule has 1 aromatic carbocycles. The van der Waals surface area contributed by atoms with Crippen LogP contribution in [0.25, 0.3) is 0 Å². The zero-order valence-corrected chi connectivity index (χ0v) is 8.93. The number of hydrogen-bond acceptors (Lipinski definition) is 2. The lowest BCUT2D eigenvalue weighted by molar-refractivity contribution is 0.147. The molecule has 0 radical (unpaired) electrons. The molecule has 1 saturated carbocycles. The van der Waals surface area contributed by atoms with Crippen molar-refractivity contribution in [3.63, 3.8) is 0 Å². The van der Waals surface area contributed by atoms with Gasteiger partial charge in [0.1, 0.15) is 5.75 Å². The summed E-state index contributed by atoms with van der Waals surface area (Å²) in [5, 5.41) is 19.5. The molecule has 1 aliphatic carbocycles. The Hall–Kier alpha value is -0.540. The lowest BCUT2D eigenvalue weighted by Crippen LogP contribution is -2.05. The highest BCUT2D eigenvalue weighted by molar-refractivity contribution is 9.10. The molecule has 2 nitrogen and oxygen atoms in total. The van der Waals surface area contributed by atoms with E-state index in [0.29, 0.717) is 5.56 Å². The summed E-state index contributed by atoms with van der Waals surface area (Å²) in [4.78, 5) is 0. The molecule has 0 saturated heterocycles. The number of rotatable bonds is 1. The van der Waals surface area contributed by atoms with Crippen molar-refractivity contribution >= 4 is 15.9 Å². The first-order valence-electron chi connectivity index (χ1n) is 4.25. The maximum Gasteiger partial charge on any atom is 0.123 e. The quantitative estimate of drug-likeness (QED) is 0.795. The van der Waals surface area contributed by atoms with Crippen LogP contribution in [0.4, 0.5) is 0 Å². The number of aliphatic hydroxyl groups is 1. The van der Waals surface area contributed by atoms with Crippen molar-refractivity contribution in [2.75, 3.05) is 0 Å². The van der Waals surface area contributed by atoms with Crippen molar-refractivity contribution in [1.82, 2.24) is 0 Å². The Balaban J connectivity index is 2.57. The number of phenolic OH excluding ortho intramolecular Hbond substituents is 1. The summed E-state index contributed by atoms with van der Waals surface area (Å²) in [6, 6.07) is 3.59. The van der Waals surface area contributed by atoms with Crippen molar-refractivity contribution < 1.29 is 10.2 Å². The Labute approximate surface area is 85.3 Å². The first-order chi connectivity index (χ1) is 6.03. The second-order valence-electron chi connectivity index (χ2n) is 3.67. The van der Waals surface area contributed by atoms with E-state index in [1.165, 1.54) is 0 Å². The Morgan fingerprint density at radius 2 is 2.00 bits per heavy atom. The summed E-state index contributed by atoms with van der Waals surface area (Å²) < 4.78 is 0.796. The summed E-state index contributed by atoms with van der Waals surface area (Å²) in [7, 11) is 0. The van der Waals surface area contributed by atoms with Crippen LogP contribution in [0.15, 0.2) is 16.6 Å². The second kappa shape index (κ2) is 2.72. The maximum atomic E-state index is 9.86. The van der Waals surface area contributed by atoms with Crippen molar-refractivity contribution in [1.29, 1.82) is 0 Å². The van der Waals surface area contributed by atoms with Gasteiger partial charge in [-0.15, -0.1) is 0 Å². The predicted molar refractivity (Wildman–Crippen MR) is 53.7 cm³/mol. The Bertz CT molecular complexity index is 333. The topological polar surface area (TPSA) is 40.5 Å². The molecular formula is C10H11BrO2. The van der Waals surface area contributed by atoms with E-state index in [0.717, 1.165) is 22.9 Å². The van der Waals surface area contributed by atoms with Gasteiger partial charge in [0.05, 0.1) is 5.60 Å². The molecule has 1 aromatic rings. The molecule has 13 heavy (non-hydrogen) atoms. The van der Waals surface area contributed by atoms with Crippen LogP contribution in [0.2, 0.25) is 0 Å². The number of benzene rings is 1. The highest BCUT2D eigenvalue weighted by atomic mass is 79.9. The minimum Gasteiger partial charge on any atom is -0.508 e. The largest absolute Gasteiger partial charge is 0.508 e. The summed E-state index contributed by atoms with van der Waals surface area (Å²) in [6.45, 7) is 1.91. The summed E-state index contributed by atoms with van der Waals surface area (Å²) in [5.74, 6) is 0.187. The molecule has 1 fully saturated rings. The third-order valence-corrected chi connectivity index (χ3v) is 3.03. The van der Waals surface area contributed by atoms with Crippen LogP contribution in [0.1, 0.15) is 24.0 Å². The van der Waals surface area contributed by atoms with Gasteiger partial charge in [-0.1, -0.05) is 15.9 Å². The lowest BCUT2D eigenvalue weighted by Gasteiger charge is -2.13. The van der Waals surface area contributed by atoms with Crippen LogP contribution in [-0.4, -0.2) is 10.2 Å². The van der Waals surface area contributed by atoms with Crippen LogP contribution >= 0.6 is 15.9 Å². The highest BCUT2D eigenvalue weighted by Crippen LogP contribution is 2.51. The molecule has 0 unspecified atom stereocenters. The first-order valence-corrected chi connectivity index (χ1v) is 5.04. The zero-order chi connectivity index (χ0) is 9.64. The molecule has 1 aliphatic rings. The van der Waals surface area contributed by atoms with Gasteiger partial charge in [-0.2, -0.15) is 0 Å². The van der Waals surface area contributed by atoms with Gasteiger partial charge >= 0.3 is 0 Å². The molecule has 0 atom stereocenters. The average Bonchev–Trinajstić information content (AvgIpc) is 2.65. The first kappa shape index (κ1) is 9.03.